The molecule has 1 amide bonds. The molecule has 0 radical (unpaired) electrons. The van der Waals surface area contributed by atoms with Crippen LogP contribution >= 0.6 is 0 Å². The summed E-state index contributed by atoms with van der Waals surface area (Å²) in [6.07, 6.45) is 0. The Morgan fingerprint density at radius 3 is 2.36 bits per heavy atom. The van der Waals surface area contributed by atoms with Gasteiger partial charge in [-0.05, 0) is 68.3 Å². The Hall–Kier alpha value is -5.71. The predicted molar refractivity (Wildman–Crippen MR) is 165 cm³/mol. The van der Waals surface area contributed by atoms with Gasteiger partial charge in [-0.15, -0.1) is 0 Å². The zero-order valence-corrected chi connectivity index (χ0v) is 24.6. The molecule has 11 heteroatoms. The van der Waals surface area contributed by atoms with E-state index in [9.17, 15) is 14.4 Å². The van der Waals surface area contributed by atoms with Gasteiger partial charge in [0.2, 0.25) is 5.88 Å². The molecule has 0 unspecified atom stereocenters. The van der Waals surface area contributed by atoms with Crippen LogP contribution in [0.15, 0.2) is 78.9 Å². The maximum atomic E-state index is 13.7. The number of aromatic nitrogens is 3. The smallest absolute Gasteiger partial charge is 0.339 e. The molecule has 5 aromatic rings. The summed E-state index contributed by atoms with van der Waals surface area (Å²) in [4.78, 5) is 51.7. The predicted octanol–water partition coefficient (Wildman–Crippen LogP) is 5.78. The van der Waals surface area contributed by atoms with Gasteiger partial charge in [0, 0.05) is 17.3 Å². The first-order chi connectivity index (χ1) is 21.0. The van der Waals surface area contributed by atoms with Gasteiger partial charge in [-0.1, -0.05) is 36.4 Å². The van der Waals surface area contributed by atoms with Gasteiger partial charge in [0.25, 0.3) is 5.91 Å². The Morgan fingerprint density at radius 1 is 0.886 bits per heavy atom. The minimum atomic E-state index is -0.828. The van der Waals surface area contributed by atoms with Crippen LogP contribution in [0.4, 0.5) is 11.6 Å². The molecule has 0 aliphatic heterocycles. The van der Waals surface area contributed by atoms with Crippen LogP contribution in [0.5, 0.6) is 5.88 Å². The lowest BCUT2D eigenvalue weighted by Crippen LogP contribution is -2.25. The normalized spacial score (nSPS) is 11.2. The second kappa shape index (κ2) is 12.3. The lowest BCUT2D eigenvalue weighted by Gasteiger charge is -2.21. The molecule has 5 rings (SSSR count). The van der Waals surface area contributed by atoms with Crippen molar-refractivity contribution in [3.8, 4) is 17.0 Å². The fourth-order valence-electron chi connectivity index (χ4n) is 4.46. The lowest BCUT2D eigenvalue weighted by atomic mass is 9.95. The highest BCUT2D eigenvalue weighted by Crippen LogP contribution is 2.31. The highest BCUT2D eigenvalue weighted by molar-refractivity contribution is 6.10. The van der Waals surface area contributed by atoms with Crippen LogP contribution in [-0.4, -0.2) is 45.5 Å². The molecule has 0 saturated heterocycles. The number of esters is 2. The van der Waals surface area contributed by atoms with Gasteiger partial charge < -0.3 is 30.2 Å². The fraction of sp³-hybridized carbons (Fsp3) is 0.182. The zero-order chi connectivity index (χ0) is 31.4. The van der Waals surface area contributed by atoms with Gasteiger partial charge in [0.1, 0.15) is 17.9 Å². The average Bonchev–Trinajstić information content (AvgIpc) is 3.38. The third-order valence-electron chi connectivity index (χ3n) is 6.43. The first kappa shape index (κ1) is 29.8. The van der Waals surface area contributed by atoms with Crippen LogP contribution in [-0.2, 0) is 16.1 Å². The molecule has 11 nitrogen and oxygen atoms in total. The highest BCUT2D eigenvalue weighted by atomic mass is 16.6. The maximum absolute atomic E-state index is 13.7. The second-order valence-corrected chi connectivity index (χ2v) is 10.9. The maximum Gasteiger partial charge on any atom is 0.339 e. The first-order valence-electron chi connectivity index (χ1n) is 13.7. The first-order valence-corrected chi connectivity index (χ1v) is 13.7. The minimum absolute atomic E-state index is 0.0159. The molecule has 0 aliphatic carbocycles. The summed E-state index contributed by atoms with van der Waals surface area (Å²) in [5.41, 5.74) is 8.33. The van der Waals surface area contributed by atoms with Crippen molar-refractivity contribution in [3.63, 3.8) is 0 Å². The van der Waals surface area contributed by atoms with Gasteiger partial charge in [-0.25, -0.2) is 19.6 Å². The number of amides is 1. The van der Waals surface area contributed by atoms with Crippen LogP contribution in [0.1, 0.15) is 57.5 Å². The van der Waals surface area contributed by atoms with Crippen molar-refractivity contribution >= 4 is 40.5 Å². The number of carbonyl (C=O) groups is 3. The number of aromatic amines is 1. The van der Waals surface area contributed by atoms with E-state index in [0.29, 0.717) is 27.8 Å². The Morgan fingerprint density at radius 2 is 1.64 bits per heavy atom. The topological polar surface area (TPSA) is 159 Å². The fourth-order valence-corrected chi connectivity index (χ4v) is 4.46. The second-order valence-electron chi connectivity index (χ2n) is 10.9. The van der Waals surface area contributed by atoms with E-state index in [0.717, 1.165) is 5.56 Å². The highest BCUT2D eigenvalue weighted by Gasteiger charge is 2.26. The van der Waals surface area contributed by atoms with Crippen LogP contribution in [0, 0.1) is 0 Å². The third kappa shape index (κ3) is 6.84. The van der Waals surface area contributed by atoms with Crippen molar-refractivity contribution < 1.29 is 28.6 Å². The van der Waals surface area contributed by atoms with Crippen molar-refractivity contribution in [2.24, 2.45) is 0 Å². The average molecular weight is 594 g/mol. The number of rotatable bonds is 8. The van der Waals surface area contributed by atoms with Gasteiger partial charge in [-0.3, -0.25) is 4.79 Å². The number of H-pyrrole nitrogens is 1. The monoisotopic (exact) mass is 593 g/mol. The molecule has 224 valence electrons. The van der Waals surface area contributed by atoms with E-state index < -0.39 is 23.4 Å². The van der Waals surface area contributed by atoms with E-state index in [1.165, 1.54) is 19.2 Å². The number of methoxy groups -OCH3 is 1. The number of nitrogen functional groups attached to an aromatic ring is 1. The number of imidazole rings is 1. The molecule has 0 bridgehead atoms. The van der Waals surface area contributed by atoms with E-state index >= 15 is 0 Å². The molecule has 0 aliphatic rings. The van der Waals surface area contributed by atoms with Crippen LogP contribution in [0.2, 0.25) is 0 Å². The molecular formula is C33H31N5O6. The Kier molecular flexibility index (Phi) is 8.30. The number of hydrogen-bond acceptors (Lipinski definition) is 9. The van der Waals surface area contributed by atoms with Gasteiger partial charge >= 0.3 is 11.9 Å². The summed E-state index contributed by atoms with van der Waals surface area (Å²) < 4.78 is 16.5. The van der Waals surface area contributed by atoms with Crippen LogP contribution in [0.25, 0.3) is 22.2 Å². The number of anilines is 2. The zero-order valence-electron chi connectivity index (χ0n) is 24.6. The molecule has 2 heterocycles. The summed E-state index contributed by atoms with van der Waals surface area (Å²) in [7, 11) is 1.43. The molecule has 2 aromatic heterocycles. The van der Waals surface area contributed by atoms with E-state index in [4.69, 9.17) is 19.9 Å². The largest absolute Gasteiger partial charge is 0.481 e. The summed E-state index contributed by atoms with van der Waals surface area (Å²) >= 11 is 0. The van der Waals surface area contributed by atoms with Crippen molar-refractivity contribution in [2.75, 3.05) is 18.2 Å². The summed E-state index contributed by atoms with van der Waals surface area (Å²) in [5, 5.41) is 2.83. The number of fused-ring (bicyclic) bond motifs is 1. The van der Waals surface area contributed by atoms with Gasteiger partial charge in [0.05, 0.1) is 29.3 Å². The van der Waals surface area contributed by atoms with E-state index in [-0.39, 0.29) is 35.3 Å². The SMILES string of the molecule is COc1ccc(-c2ccc(C(=O)OCc3ccccc3)cc2C(=O)OC(C)(C)C)c(C(=O)Nc2ccc3nc(N)[nH]c3c2)n1. The number of nitrogens with one attached hydrogen (secondary N) is 2. The number of hydrogen-bond donors (Lipinski definition) is 3. The van der Waals surface area contributed by atoms with Gasteiger partial charge in [-0.2, -0.15) is 0 Å². The summed E-state index contributed by atoms with van der Waals surface area (Å²) in [5.74, 6) is -1.43. The third-order valence-corrected chi connectivity index (χ3v) is 6.43. The van der Waals surface area contributed by atoms with Crippen molar-refractivity contribution in [3.05, 3.63) is 101 Å². The molecule has 0 spiro atoms. The summed E-state index contributed by atoms with van der Waals surface area (Å²) in [6, 6.07) is 22.0. The molecular weight excluding hydrogens is 562 g/mol. The number of pyridine rings is 1. The van der Waals surface area contributed by atoms with E-state index in [1.54, 1.807) is 57.2 Å². The number of nitrogens with two attached hydrogens (primary N) is 1. The molecule has 0 atom stereocenters. The molecule has 4 N–H and O–H groups in total. The standard InChI is InChI=1S/C33H31N5O6/c1-33(2,3)44-31(41)24-16-20(30(40)43-18-19-8-6-5-7-9-19)10-12-22(24)23-13-15-27(42-4)38-28(23)29(39)35-21-11-14-25-26(17-21)37-32(34)36-25/h5-17H,18H2,1-4H3,(H,35,39)(H3,34,36,37). The van der Waals surface area contributed by atoms with E-state index in [1.807, 2.05) is 30.3 Å². The number of ether oxygens (including phenoxy) is 3. The van der Waals surface area contributed by atoms with Crippen LogP contribution in [0.3, 0.4) is 0 Å². The Labute approximate surface area is 253 Å². The Bertz CT molecular complexity index is 1860. The molecule has 0 fully saturated rings. The summed E-state index contributed by atoms with van der Waals surface area (Å²) in [6.45, 7) is 5.27. The van der Waals surface area contributed by atoms with Crippen LogP contribution < -0.4 is 15.8 Å². The number of nitrogens with zero attached hydrogens (tertiary/aromatic N) is 2. The lowest BCUT2D eigenvalue weighted by molar-refractivity contribution is 0.00702. The van der Waals surface area contributed by atoms with Crippen molar-refractivity contribution in [1.29, 1.82) is 0 Å². The van der Waals surface area contributed by atoms with Gasteiger partial charge in [0.15, 0.2) is 5.95 Å². The number of benzene rings is 3. The molecule has 0 saturated carbocycles. The number of carbonyl (C=O) groups excluding carboxylic acids is 3. The van der Waals surface area contributed by atoms with Crippen molar-refractivity contribution in [1.82, 2.24) is 15.0 Å². The van der Waals surface area contributed by atoms with E-state index in [2.05, 4.69) is 20.3 Å². The Balaban J connectivity index is 1.53. The van der Waals surface area contributed by atoms with Crippen molar-refractivity contribution in [2.45, 2.75) is 33.0 Å². The molecule has 3 aromatic carbocycles. The quantitative estimate of drug-likeness (QED) is 0.190. The molecule has 44 heavy (non-hydrogen) atoms. The minimum Gasteiger partial charge on any atom is -0.481 e.